The van der Waals surface area contributed by atoms with Crippen molar-refractivity contribution in [3.63, 3.8) is 0 Å². The molecule has 1 aromatic heterocycles. The summed E-state index contributed by atoms with van der Waals surface area (Å²) in [6.07, 6.45) is 1.22. The monoisotopic (exact) mass is 391 g/mol. The first-order valence-electron chi connectivity index (χ1n) is 10.00. The molecule has 3 unspecified atom stereocenters. The summed E-state index contributed by atoms with van der Waals surface area (Å²) >= 11 is 0. The highest BCUT2D eigenvalue weighted by Gasteiger charge is 2.51. The Morgan fingerprint density at radius 1 is 1.36 bits per heavy atom. The van der Waals surface area contributed by atoms with Crippen molar-refractivity contribution in [2.24, 2.45) is 5.41 Å². The van der Waals surface area contributed by atoms with Gasteiger partial charge in [-0.1, -0.05) is 20.8 Å². The van der Waals surface area contributed by atoms with Crippen LogP contribution in [0.3, 0.4) is 0 Å². The van der Waals surface area contributed by atoms with Crippen molar-refractivity contribution in [2.45, 2.75) is 71.1 Å². The van der Waals surface area contributed by atoms with Crippen molar-refractivity contribution in [3.8, 4) is 5.75 Å². The van der Waals surface area contributed by atoms with Gasteiger partial charge in [-0.05, 0) is 18.8 Å². The lowest BCUT2D eigenvalue weighted by molar-refractivity contribution is -0.0525. The summed E-state index contributed by atoms with van der Waals surface area (Å²) in [7, 11) is 0. The quantitative estimate of drug-likeness (QED) is 0.791. The number of ketones is 1. The second-order valence-corrected chi connectivity index (χ2v) is 9.42. The summed E-state index contributed by atoms with van der Waals surface area (Å²) in [4.78, 5) is 26.2. The third kappa shape index (κ3) is 3.07. The number of Topliss-reactive ketones (excluding diaryl/α,β-unsaturated/α-hetero) is 1. The molecular weight excluding hydrogens is 362 g/mol. The zero-order valence-corrected chi connectivity index (χ0v) is 17.0. The fraction of sp³-hybridized carbons (Fsp3) is 0.750. The van der Waals surface area contributed by atoms with Gasteiger partial charge in [0.25, 0.3) is 0 Å². The second kappa shape index (κ2) is 6.47. The number of rotatable bonds is 1. The van der Waals surface area contributed by atoms with Crippen LogP contribution in [0, 0.1) is 12.3 Å². The Balaban J connectivity index is 1.66. The third-order valence-corrected chi connectivity index (χ3v) is 6.41. The Labute approximate surface area is 164 Å². The van der Waals surface area contributed by atoms with Crippen LogP contribution in [-0.2, 0) is 4.74 Å². The van der Waals surface area contributed by atoms with Crippen molar-refractivity contribution >= 4 is 11.9 Å². The maximum Gasteiger partial charge on any atom is 0.407 e. The zero-order valence-electron chi connectivity index (χ0n) is 17.0. The van der Waals surface area contributed by atoms with E-state index in [2.05, 4.69) is 5.10 Å². The van der Waals surface area contributed by atoms with Gasteiger partial charge >= 0.3 is 6.09 Å². The van der Waals surface area contributed by atoms with Gasteiger partial charge in [0.15, 0.2) is 17.2 Å². The molecule has 3 aliphatic heterocycles. The van der Waals surface area contributed by atoms with Gasteiger partial charge in [-0.25, -0.2) is 4.79 Å². The van der Waals surface area contributed by atoms with Gasteiger partial charge in [0.2, 0.25) is 0 Å². The summed E-state index contributed by atoms with van der Waals surface area (Å²) in [6.45, 7) is 9.70. The molecule has 4 rings (SSSR count). The Morgan fingerprint density at radius 3 is 2.71 bits per heavy atom. The van der Waals surface area contributed by atoms with E-state index in [0.717, 1.165) is 12.1 Å². The van der Waals surface area contributed by atoms with Crippen LogP contribution in [0.15, 0.2) is 0 Å². The van der Waals surface area contributed by atoms with Gasteiger partial charge in [0.05, 0.1) is 24.8 Å². The van der Waals surface area contributed by atoms with Crippen LogP contribution >= 0.6 is 0 Å². The van der Waals surface area contributed by atoms with Gasteiger partial charge in [0.1, 0.15) is 5.60 Å². The van der Waals surface area contributed by atoms with Crippen LogP contribution in [0.5, 0.6) is 5.75 Å². The maximum absolute atomic E-state index is 13.0. The summed E-state index contributed by atoms with van der Waals surface area (Å²) in [6, 6.07) is -0.0826. The predicted octanol–water partition coefficient (Wildman–Crippen LogP) is 3.05. The van der Waals surface area contributed by atoms with Crippen LogP contribution in [-0.4, -0.2) is 63.1 Å². The molecule has 28 heavy (non-hydrogen) atoms. The molecule has 154 valence electrons. The maximum atomic E-state index is 13.0. The minimum absolute atomic E-state index is 0.0153. The number of carboxylic acid groups (broad SMARTS) is 1. The molecule has 0 radical (unpaired) electrons. The number of piperidine rings is 1. The molecule has 4 heterocycles. The molecule has 2 saturated heterocycles. The van der Waals surface area contributed by atoms with Crippen molar-refractivity contribution < 1.29 is 24.2 Å². The molecule has 2 fully saturated rings. The van der Waals surface area contributed by atoms with Crippen LogP contribution in [0.4, 0.5) is 4.79 Å². The standard InChI is InChI=1S/C20H29N3O5/c1-12-17-16(21-23(12)13-5-8-27-11-13)14(24)9-20(28-17)6-7-22(18(25)26)15(10-20)19(2,3)4/h13,15H,5-11H2,1-4H3,(H,25,26). The van der Waals surface area contributed by atoms with Gasteiger partial charge < -0.3 is 19.5 Å². The third-order valence-electron chi connectivity index (χ3n) is 6.41. The molecule has 3 atom stereocenters. The van der Waals surface area contributed by atoms with Crippen LogP contribution in [0.1, 0.15) is 68.7 Å². The Bertz CT molecular complexity index is 805. The Kier molecular flexibility index (Phi) is 4.45. The Hall–Kier alpha value is -2.09. The lowest BCUT2D eigenvalue weighted by Gasteiger charge is -2.50. The lowest BCUT2D eigenvalue weighted by Crippen LogP contribution is -2.59. The summed E-state index contributed by atoms with van der Waals surface area (Å²) in [5.74, 6) is 0.554. The summed E-state index contributed by atoms with van der Waals surface area (Å²) in [5, 5.41) is 14.2. The minimum atomic E-state index is -0.914. The Morgan fingerprint density at radius 2 is 2.11 bits per heavy atom. The summed E-state index contributed by atoms with van der Waals surface area (Å²) < 4.78 is 13.8. The molecule has 1 N–H and O–H groups in total. The number of fused-ring (bicyclic) bond motifs is 1. The SMILES string of the molecule is Cc1c2c(nn1C1CCOC1)C(=O)CC1(CCN(C(=O)O)C(C(C)(C)C)C1)O2. The largest absolute Gasteiger partial charge is 0.482 e. The van der Waals surface area contributed by atoms with Crippen LogP contribution < -0.4 is 4.74 Å². The highest BCUT2D eigenvalue weighted by molar-refractivity contribution is 5.99. The first-order valence-corrected chi connectivity index (χ1v) is 10.00. The fourth-order valence-corrected chi connectivity index (χ4v) is 4.81. The van der Waals surface area contributed by atoms with E-state index in [4.69, 9.17) is 9.47 Å². The highest BCUT2D eigenvalue weighted by Crippen LogP contribution is 2.46. The number of amides is 1. The lowest BCUT2D eigenvalue weighted by atomic mass is 9.72. The first kappa shape index (κ1) is 19.2. The topological polar surface area (TPSA) is 93.9 Å². The number of nitrogens with zero attached hydrogens (tertiary/aromatic N) is 3. The van der Waals surface area contributed by atoms with Crippen molar-refractivity contribution in [2.75, 3.05) is 19.8 Å². The predicted molar refractivity (Wildman–Crippen MR) is 101 cm³/mol. The van der Waals surface area contributed by atoms with E-state index in [0.29, 0.717) is 44.0 Å². The van der Waals surface area contributed by atoms with Crippen LogP contribution in [0.25, 0.3) is 0 Å². The fourth-order valence-electron chi connectivity index (χ4n) is 4.81. The average molecular weight is 391 g/mol. The van der Waals surface area contributed by atoms with E-state index in [9.17, 15) is 14.7 Å². The number of hydrogen-bond donors (Lipinski definition) is 1. The normalized spacial score (nSPS) is 30.4. The number of hydrogen-bond acceptors (Lipinski definition) is 5. The van der Waals surface area contributed by atoms with Crippen molar-refractivity contribution in [3.05, 3.63) is 11.4 Å². The summed E-state index contributed by atoms with van der Waals surface area (Å²) in [5.41, 5.74) is 0.339. The molecule has 0 aromatic carbocycles. The number of ether oxygens (including phenoxy) is 2. The van der Waals surface area contributed by atoms with Gasteiger partial charge in [-0.15, -0.1) is 0 Å². The van der Waals surface area contributed by atoms with E-state index in [-0.39, 0.29) is 29.7 Å². The molecule has 0 saturated carbocycles. The average Bonchev–Trinajstić information content (AvgIpc) is 3.23. The molecule has 0 aliphatic carbocycles. The zero-order chi connectivity index (χ0) is 20.3. The minimum Gasteiger partial charge on any atom is -0.482 e. The van der Waals surface area contributed by atoms with E-state index in [1.54, 1.807) is 0 Å². The smallest absolute Gasteiger partial charge is 0.407 e. The molecule has 8 nitrogen and oxygen atoms in total. The number of carbonyl (C=O) groups is 2. The van der Waals surface area contributed by atoms with Crippen LogP contribution in [0.2, 0.25) is 0 Å². The number of likely N-dealkylation sites (tertiary alicyclic amines) is 1. The molecular formula is C20H29N3O5. The molecule has 1 amide bonds. The van der Waals surface area contributed by atoms with Crippen molar-refractivity contribution in [1.29, 1.82) is 0 Å². The van der Waals surface area contributed by atoms with Crippen molar-refractivity contribution in [1.82, 2.24) is 14.7 Å². The first-order chi connectivity index (χ1) is 13.1. The number of carbonyl (C=O) groups excluding carboxylic acids is 1. The molecule has 1 spiro atoms. The van der Waals surface area contributed by atoms with E-state index in [1.165, 1.54) is 4.90 Å². The van der Waals surface area contributed by atoms with E-state index in [1.807, 2.05) is 32.4 Å². The van der Waals surface area contributed by atoms with Gasteiger partial charge in [0, 0.05) is 32.0 Å². The molecule has 1 aromatic rings. The van der Waals surface area contributed by atoms with Gasteiger partial charge in [-0.3, -0.25) is 9.48 Å². The van der Waals surface area contributed by atoms with E-state index < -0.39 is 11.7 Å². The molecule has 0 bridgehead atoms. The highest BCUT2D eigenvalue weighted by atomic mass is 16.5. The number of aromatic nitrogens is 2. The van der Waals surface area contributed by atoms with E-state index >= 15 is 0 Å². The van der Waals surface area contributed by atoms with Gasteiger partial charge in [-0.2, -0.15) is 5.10 Å². The second-order valence-electron chi connectivity index (χ2n) is 9.42. The molecule has 8 heteroatoms. The molecule has 3 aliphatic rings.